The first-order valence-corrected chi connectivity index (χ1v) is 11.3. The van der Waals surface area contributed by atoms with Crippen LogP contribution in [-0.4, -0.2) is 56.9 Å². The lowest BCUT2D eigenvalue weighted by molar-refractivity contribution is 0.0847. The molecule has 4 heterocycles. The topological polar surface area (TPSA) is 76.0 Å². The van der Waals surface area contributed by atoms with E-state index in [1.54, 1.807) is 12.1 Å². The van der Waals surface area contributed by atoms with Crippen molar-refractivity contribution in [3.8, 4) is 16.9 Å². The number of likely N-dealkylation sites (tertiary alicyclic amines) is 1. The number of aromatic amines is 1. The first kappa shape index (κ1) is 26.4. The standard InChI is InChI=1S/C25H23F2N5O2.2BrH/c1-31-7-6-18(31)12-32-21-10-14(20-11-28-29-25(20)27)2-4-19(21)23(30-32)24(33)16-8-15-9-17(26)3-5-22(15)34-13-16;;/h2-5,9-11,16,18H,6-8,12-13H2,1H3,(H,28,29);2*1H/t16-,18-;;/m0../s1. The Balaban J connectivity index is 0.00000152. The van der Waals surface area contributed by atoms with Crippen LogP contribution < -0.4 is 4.74 Å². The van der Waals surface area contributed by atoms with Crippen molar-refractivity contribution in [2.24, 2.45) is 5.92 Å². The SMILES string of the molecule is Br.Br.CN1CC[C@H]1Cn1nc(C(=O)[C@@H]2COc3ccc(F)cc3C2)c2ccc(-c3c[nH]nc3F)cc21. The number of benzene rings is 2. The summed E-state index contributed by atoms with van der Waals surface area (Å²) in [6, 6.07) is 10.1. The molecule has 2 atom stereocenters. The second kappa shape index (κ2) is 10.4. The number of ether oxygens (including phenoxy) is 1. The molecule has 190 valence electrons. The van der Waals surface area contributed by atoms with Gasteiger partial charge in [0.25, 0.3) is 0 Å². The minimum absolute atomic E-state index is 0. The third-order valence-electron chi connectivity index (χ3n) is 7.01. The van der Waals surface area contributed by atoms with Crippen molar-refractivity contribution in [3.63, 3.8) is 0 Å². The fraction of sp³-hybridized carbons (Fsp3) is 0.320. The number of H-pyrrole nitrogens is 1. The maximum Gasteiger partial charge on any atom is 0.240 e. The van der Waals surface area contributed by atoms with Gasteiger partial charge < -0.3 is 9.64 Å². The Morgan fingerprint density at radius 2 is 2.03 bits per heavy atom. The molecule has 0 spiro atoms. The van der Waals surface area contributed by atoms with Gasteiger partial charge in [-0.05, 0) is 67.9 Å². The molecule has 0 bridgehead atoms. The van der Waals surface area contributed by atoms with E-state index in [1.165, 1.54) is 18.3 Å². The number of hydrogen-bond acceptors (Lipinski definition) is 5. The number of aromatic nitrogens is 4. The molecule has 36 heavy (non-hydrogen) atoms. The minimum atomic E-state index is -0.578. The van der Waals surface area contributed by atoms with Gasteiger partial charge in [0.2, 0.25) is 5.95 Å². The van der Waals surface area contributed by atoms with Gasteiger partial charge in [0.05, 0.1) is 30.1 Å². The smallest absolute Gasteiger partial charge is 0.240 e. The second-order valence-corrected chi connectivity index (χ2v) is 9.10. The van der Waals surface area contributed by atoms with Gasteiger partial charge in [0, 0.05) is 17.6 Å². The van der Waals surface area contributed by atoms with Crippen LogP contribution in [0.25, 0.3) is 22.0 Å². The number of Topliss-reactive ketones (excluding diaryl/α,β-unsaturated/α-hetero) is 1. The van der Waals surface area contributed by atoms with E-state index >= 15 is 0 Å². The summed E-state index contributed by atoms with van der Waals surface area (Å²) in [5, 5.41) is 11.6. The summed E-state index contributed by atoms with van der Waals surface area (Å²) >= 11 is 0. The van der Waals surface area contributed by atoms with Crippen LogP contribution in [0.4, 0.5) is 8.78 Å². The van der Waals surface area contributed by atoms with Crippen LogP contribution in [0.5, 0.6) is 5.75 Å². The zero-order valence-electron chi connectivity index (χ0n) is 19.4. The van der Waals surface area contributed by atoms with Crippen molar-refractivity contribution in [2.75, 3.05) is 20.2 Å². The molecule has 0 amide bonds. The highest BCUT2D eigenvalue weighted by molar-refractivity contribution is 8.93. The summed E-state index contributed by atoms with van der Waals surface area (Å²) in [7, 11) is 2.06. The summed E-state index contributed by atoms with van der Waals surface area (Å²) in [6.07, 6.45) is 2.96. The molecule has 1 fully saturated rings. The predicted octanol–water partition coefficient (Wildman–Crippen LogP) is 5.00. The number of likely N-dealkylation sites (N-methyl/N-ethyl adjacent to an activating group) is 1. The average Bonchev–Trinajstić information content (AvgIpc) is 3.43. The van der Waals surface area contributed by atoms with Crippen molar-refractivity contribution in [3.05, 3.63) is 65.6 Å². The Bertz CT molecular complexity index is 1420. The Morgan fingerprint density at radius 1 is 1.19 bits per heavy atom. The Labute approximate surface area is 227 Å². The summed E-state index contributed by atoms with van der Waals surface area (Å²) in [6.45, 7) is 1.87. The molecular formula is C25H25Br2F2N5O2. The molecule has 0 saturated carbocycles. The number of nitrogens with zero attached hydrogens (tertiary/aromatic N) is 4. The highest BCUT2D eigenvalue weighted by atomic mass is 79.9. The molecule has 11 heteroatoms. The van der Waals surface area contributed by atoms with E-state index in [9.17, 15) is 13.6 Å². The summed E-state index contributed by atoms with van der Waals surface area (Å²) < 4.78 is 35.5. The lowest BCUT2D eigenvalue weighted by Crippen LogP contribution is -2.47. The van der Waals surface area contributed by atoms with Crippen LogP contribution in [-0.2, 0) is 13.0 Å². The normalized spacial score (nSPS) is 19.0. The molecule has 0 aliphatic carbocycles. The summed E-state index contributed by atoms with van der Waals surface area (Å²) in [4.78, 5) is 15.8. The first-order valence-electron chi connectivity index (χ1n) is 11.3. The Kier molecular flexibility index (Phi) is 7.63. The molecular weight excluding hydrogens is 600 g/mol. The van der Waals surface area contributed by atoms with Crippen molar-refractivity contribution in [1.29, 1.82) is 0 Å². The van der Waals surface area contributed by atoms with Crippen molar-refractivity contribution in [1.82, 2.24) is 24.9 Å². The molecule has 6 rings (SSSR count). The molecule has 2 aliphatic rings. The molecule has 0 unspecified atom stereocenters. The largest absolute Gasteiger partial charge is 0.493 e. The fourth-order valence-corrected chi connectivity index (χ4v) is 4.86. The van der Waals surface area contributed by atoms with Crippen molar-refractivity contribution >= 4 is 50.6 Å². The number of hydrogen-bond donors (Lipinski definition) is 1. The quantitative estimate of drug-likeness (QED) is 0.317. The first-order chi connectivity index (χ1) is 16.5. The Hall–Kier alpha value is -2.63. The monoisotopic (exact) mass is 623 g/mol. The number of carbonyl (C=O) groups is 1. The minimum Gasteiger partial charge on any atom is -0.493 e. The number of fused-ring (bicyclic) bond motifs is 2. The van der Waals surface area contributed by atoms with E-state index in [-0.39, 0.29) is 52.2 Å². The fourth-order valence-electron chi connectivity index (χ4n) is 4.86. The molecule has 1 saturated heterocycles. The molecule has 2 aromatic heterocycles. The van der Waals surface area contributed by atoms with Gasteiger partial charge in [-0.1, -0.05) is 6.07 Å². The van der Waals surface area contributed by atoms with Crippen molar-refractivity contribution in [2.45, 2.75) is 25.4 Å². The third-order valence-corrected chi connectivity index (χ3v) is 7.01. The zero-order valence-corrected chi connectivity index (χ0v) is 22.8. The van der Waals surface area contributed by atoms with Gasteiger partial charge >= 0.3 is 0 Å². The van der Waals surface area contributed by atoms with Gasteiger partial charge in [0.1, 0.15) is 17.3 Å². The van der Waals surface area contributed by atoms with Gasteiger partial charge in [0.15, 0.2) is 5.78 Å². The van der Waals surface area contributed by atoms with E-state index in [2.05, 4.69) is 22.1 Å². The van der Waals surface area contributed by atoms with Gasteiger partial charge in [-0.25, -0.2) is 4.39 Å². The van der Waals surface area contributed by atoms with Crippen LogP contribution in [0.2, 0.25) is 0 Å². The molecule has 7 nitrogen and oxygen atoms in total. The van der Waals surface area contributed by atoms with E-state index in [0.29, 0.717) is 52.5 Å². The van der Waals surface area contributed by atoms with Crippen LogP contribution in [0.1, 0.15) is 22.5 Å². The summed E-state index contributed by atoms with van der Waals surface area (Å²) in [5.41, 5.74) is 2.84. The predicted molar refractivity (Wildman–Crippen MR) is 142 cm³/mol. The van der Waals surface area contributed by atoms with Gasteiger partial charge in [-0.15, -0.1) is 39.1 Å². The van der Waals surface area contributed by atoms with E-state index < -0.39 is 11.9 Å². The second-order valence-electron chi connectivity index (χ2n) is 9.10. The van der Waals surface area contributed by atoms with E-state index in [0.717, 1.165) is 18.5 Å². The van der Waals surface area contributed by atoms with E-state index in [1.807, 2.05) is 16.8 Å². The molecule has 0 radical (unpaired) electrons. The van der Waals surface area contributed by atoms with Crippen molar-refractivity contribution < 1.29 is 18.3 Å². The lowest BCUT2D eigenvalue weighted by atomic mass is 9.90. The average molecular weight is 625 g/mol. The number of ketones is 1. The molecule has 2 aliphatic heterocycles. The third kappa shape index (κ3) is 4.59. The maximum atomic E-state index is 14.1. The van der Waals surface area contributed by atoms with Gasteiger partial charge in [-0.2, -0.15) is 9.49 Å². The highest BCUT2D eigenvalue weighted by Gasteiger charge is 2.32. The number of halogens is 4. The molecule has 4 aromatic rings. The zero-order chi connectivity index (χ0) is 23.4. The summed E-state index contributed by atoms with van der Waals surface area (Å²) in [5.74, 6) is -0.916. The van der Waals surface area contributed by atoms with E-state index in [4.69, 9.17) is 9.84 Å². The molecule has 2 aromatic carbocycles. The van der Waals surface area contributed by atoms with Crippen LogP contribution in [0.15, 0.2) is 42.6 Å². The highest BCUT2D eigenvalue weighted by Crippen LogP contribution is 2.33. The number of nitrogens with one attached hydrogen (secondary N) is 1. The number of carbonyl (C=O) groups excluding carboxylic acids is 1. The molecule has 1 N–H and O–H groups in total. The van der Waals surface area contributed by atoms with Crippen LogP contribution in [0.3, 0.4) is 0 Å². The lowest BCUT2D eigenvalue weighted by Gasteiger charge is -2.37. The van der Waals surface area contributed by atoms with Crippen LogP contribution >= 0.6 is 34.0 Å². The van der Waals surface area contributed by atoms with Gasteiger partial charge in [-0.3, -0.25) is 14.6 Å². The Morgan fingerprint density at radius 3 is 2.72 bits per heavy atom. The maximum absolute atomic E-state index is 14.1. The number of rotatable bonds is 5. The van der Waals surface area contributed by atoms with Crippen LogP contribution in [0, 0.1) is 17.7 Å².